The number of aliphatic hydroxyl groups is 1. The first-order valence-corrected chi connectivity index (χ1v) is 7.67. The van der Waals surface area contributed by atoms with Crippen LogP contribution in [0.3, 0.4) is 0 Å². The maximum atomic E-state index is 12.0. The Morgan fingerprint density at radius 3 is 2.29 bits per heavy atom. The van der Waals surface area contributed by atoms with Crippen LogP contribution < -0.4 is 9.46 Å². The topological polar surface area (TPSA) is 75.6 Å². The Bertz CT molecular complexity index is 580. The predicted octanol–water partition coefficient (Wildman–Crippen LogP) is 1.63. The average Bonchev–Trinajstić information content (AvgIpc) is 2.32. The molecule has 118 valence electrons. The number of rotatable bonds is 5. The van der Waals surface area contributed by atoms with Gasteiger partial charge in [0.2, 0.25) is 10.0 Å². The fraction of sp³-hybridized carbons (Fsp3) is 0.500. The Morgan fingerprint density at radius 1 is 1.24 bits per heavy atom. The van der Waals surface area contributed by atoms with Crippen LogP contribution in [0.5, 0.6) is 5.75 Å². The molecule has 0 spiro atoms. The minimum absolute atomic E-state index is 0.0858. The van der Waals surface area contributed by atoms with E-state index in [4.69, 9.17) is 5.11 Å². The van der Waals surface area contributed by atoms with Crippen molar-refractivity contribution in [1.29, 1.82) is 0 Å². The van der Waals surface area contributed by atoms with E-state index >= 15 is 0 Å². The zero-order valence-corrected chi connectivity index (χ0v) is 11.6. The fourth-order valence-electron chi connectivity index (χ4n) is 2.00. The molecule has 5 nitrogen and oxygen atoms in total. The highest BCUT2D eigenvalue weighted by molar-refractivity contribution is 7.89. The summed E-state index contributed by atoms with van der Waals surface area (Å²) in [5, 5.41) is 9.11. The van der Waals surface area contributed by atoms with Gasteiger partial charge < -0.3 is 9.84 Å². The standard InChI is InChI=1S/C12H14F3NO4S/c13-12(14,15)20-10-1-3-11(4-2-10)21(18,19)16-7-8-5-9(17)6-8/h1-4,8-9,16-17H,5-7H2. The van der Waals surface area contributed by atoms with E-state index in [1.807, 2.05) is 0 Å². The van der Waals surface area contributed by atoms with Gasteiger partial charge in [-0.25, -0.2) is 13.1 Å². The number of alkyl halides is 3. The number of hydrogen-bond acceptors (Lipinski definition) is 4. The molecule has 0 aliphatic heterocycles. The third-order valence-electron chi connectivity index (χ3n) is 3.14. The summed E-state index contributed by atoms with van der Waals surface area (Å²) in [6.07, 6.45) is -4.11. The van der Waals surface area contributed by atoms with Crippen LogP contribution in [-0.4, -0.2) is 32.5 Å². The smallest absolute Gasteiger partial charge is 0.406 e. The highest BCUT2D eigenvalue weighted by Crippen LogP contribution is 2.27. The summed E-state index contributed by atoms with van der Waals surface area (Å²) >= 11 is 0. The van der Waals surface area contributed by atoms with Gasteiger partial charge in [-0.1, -0.05) is 0 Å². The van der Waals surface area contributed by atoms with Gasteiger partial charge >= 0.3 is 6.36 Å². The van der Waals surface area contributed by atoms with Gasteiger partial charge in [-0.3, -0.25) is 0 Å². The van der Waals surface area contributed by atoms with Gasteiger partial charge in [0, 0.05) is 6.54 Å². The van der Waals surface area contributed by atoms with E-state index in [1.165, 1.54) is 0 Å². The van der Waals surface area contributed by atoms with Crippen LogP contribution in [0.25, 0.3) is 0 Å². The first kappa shape index (κ1) is 16.1. The normalized spacial score (nSPS) is 22.7. The lowest BCUT2D eigenvalue weighted by Gasteiger charge is -2.31. The molecule has 0 unspecified atom stereocenters. The maximum Gasteiger partial charge on any atom is 0.573 e. The highest BCUT2D eigenvalue weighted by Gasteiger charge is 2.31. The van der Waals surface area contributed by atoms with Gasteiger partial charge in [-0.15, -0.1) is 13.2 Å². The van der Waals surface area contributed by atoms with Crippen molar-refractivity contribution >= 4 is 10.0 Å². The summed E-state index contributed by atoms with van der Waals surface area (Å²) in [4.78, 5) is -0.142. The molecule has 9 heteroatoms. The summed E-state index contributed by atoms with van der Waals surface area (Å²) < 4.78 is 65.8. The van der Waals surface area contributed by atoms with Crippen molar-refractivity contribution in [2.75, 3.05) is 6.54 Å². The van der Waals surface area contributed by atoms with Crippen LogP contribution in [0.4, 0.5) is 13.2 Å². The summed E-state index contributed by atoms with van der Waals surface area (Å²) in [5.74, 6) is -0.397. The van der Waals surface area contributed by atoms with Crippen LogP contribution in [0.2, 0.25) is 0 Å². The van der Waals surface area contributed by atoms with Gasteiger partial charge in [0.25, 0.3) is 0 Å². The summed E-state index contributed by atoms with van der Waals surface area (Å²) in [6.45, 7) is 0.195. The SMILES string of the molecule is O=S(=O)(NCC1CC(O)C1)c1ccc(OC(F)(F)F)cc1. The van der Waals surface area contributed by atoms with Gasteiger partial charge in [-0.05, 0) is 43.0 Å². The molecule has 2 N–H and O–H groups in total. The zero-order valence-electron chi connectivity index (χ0n) is 10.8. The molecule has 1 aliphatic carbocycles. The lowest BCUT2D eigenvalue weighted by molar-refractivity contribution is -0.274. The van der Waals surface area contributed by atoms with E-state index in [2.05, 4.69) is 9.46 Å². The van der Waals surface area contributed by atoms with Gasteiger partial charge in [0.15, 0.2) is 0 Å². The van der Waals surface area contributed by atoms with E-state index in [1.54, 1.807) is 0 Å². The largest absolute Gasteiger partial charge is 0.573 e. The van der Waals surface area contributed by atoms with Gasteiger partial charge in [-0.2, -0.15) is 0 Å². The molecule has 1 saturated carbocycles. The summed E-state index contributed by atoms with van der Waals surface area (Å²) in [6, 6.07) is 3.96. The Morgan fingerprint density at radius 2 is 1.81 bits per heavy atom. The molecule has 2 rings (SSSR count). The predicted molar refractivity (Wildman–Crippen MR) is 67.0 cm³/mol. The number of halogens is 3. The molecule has 0 saturated heterocycles. The van der Waals surface area contributed by atoms with Crippen LogP contribution >= 0.6 is 0 Å². The second kappa shape index (κ2) is 5.82. The Labute approximate surface area is 119 Å². The number of sulfonamides is 1. The Balaban J connectivity index is 1.96. The molecule has 1 fully saturated rings. The molecular weight excluding hydrogens is 311 g/mol. The minimum atomic E-state index is -4.82. The van der Waals surface area contributed by atoms with E-state index in [0.29, 0.717) is 12.8 Å². The Hall–Kier alpha value is -1.32. The van der Waals surface area contributed by atoms with Crippen molar-refractivity contribution in [3.05, 3.63) is 24.3 Å². The van der Waals surface area contributed by atoms with E-state index in [0.717, 1.165) is 24.3 Å². The molecule has 0 bridgehead atoms. The molecule has 1 aromatic rings. The molecule has 0 aromatic heterocycles. The summed E-state index contributed by atoms with van der Waals surface area (Å²) in [7, 11) is -3.78. The lowest BCUT2D eigenvalue weighted by atomic mass is 9.83. The Kier molecular flexibility index (Phi) is 4.45. The second-order valence-corrected chi connectivity index (χ2v) is 6.63. The first-order chi connectivity index (χ1) is 9.66. The number of ether oxygens (including phenoxy) is 1. The third-order valence-corrected chi connectivity index (χ3v) is 4.58. The van der Waals surface area contributed by atoms with E-state index < -0.39 is 22.1 Å². The average molecular weight is 325 g/mol. The fourth-order valence-corrected chi connectivity index (χ4v) is 3.11. The lowest BCUT2D eigenvalue weighted by Crippen LogP contribution is -2.38. The summed E-state index contributed by atoms with van der Waals surface area (Å²) in [5.41, 5.74) is 0. The first-order valence-electron chi connectivity index (χ1n) is 6.19. The third kappa shape index (κ3) is 4.58. The molecule has 1 aromatic carbocycles. The monoisotopic (exact) mass is 325 g/mol. The van der Waals surface area contributed by atoms with E-state index in [9.17, 15) is 21.6 Å². The van der Waals surface area contributed by atoms with Crippen molar-refractivity contribution in [3.63, 3.8) is 0 Å². The van der Waals surface area contributed by atoms with Gasteiger partial charge in [0.1, 0.15) is 5.75 Å². The maximum absolute atomic E-state index is 12.0. The quantitative estimate of drug-likeness (QED) is 0.863. The van der Waals surface area contributed by atoms with Crippen LogP contribution in [-0.2, 0) is 10.0 Å². The molecule has 0 amide bonds. The second-order valence-electron chi connectivity index (χ2n) is 4.86. The molecular formula is C12H14F3NO4S. The number of aliphatic hydroxyl groups excluding tert-OH is 1. The van der Waals surface area contributed by atoms with Crippen LogP contribution in [0.1, 0.15) is 12.8 Å². The molecule has 0 atom stereocenters. The van der Waals surface area contributed by atoms with Crippen molar-refractivity contribution < 1.29 is 31.4 Å². The van der Waals surface area contributed by atoms with E-state index in [-0.39, 0.29) is 23.5 Å². The number of hydrogen-bond donors (Lipinski definition) is 2. The van der Waals surface area contributed by atoms with Crippen molar-refractivity contribution in [2.24, 2.45) is 5.92 Å². The van der Waals surface area contributed by atoms with Gasteiger partial charge in [0.05, 0.1) is 11.0 Å². The minimum Gasteiger partial charge on any atom is -0.406 e. The molecule has 0 radical (unpaired) electrons. The number of nitrogens with one attached hydrogen (secondary N) is 1. The zero-order chi connectivity index (χ0) is 15.7. The highest BCUT2D eigenvalue weighted by atomic mass is 32.2. The van der Waals surface area contributed by atoms with Crippen LogP contribution in [0.15, 0.2) is 29.2 Å². The van der Waals surface area contributed by atoms with Crippen molar-refractivity contribution in [3.8, 4) is 5.75 Å². The van der Waals surface area contributed by atoms with Crippen LogP contribution in [0, 0.1) is 5.92 Å². The number of benzene rings is 1. The molecule has 1 aliphatic rings. The van der Waals surface area contributed by atoms with Crippen molar-refractivity contribution in [1.82, 2.24) is 4.72 Å². The van der Waals surface area contributed by atoms with Crippen molar-refractivity contribution in [2.45, 2.75) is 30.2 Å². The molecule has 21 heavy (non-hydrogen) atoms. The molecule has 0 heterocycles.